The molecule has 1 saturated heterocycles. The summed E-state index contributed by atoms with van der Waals surface area (Å²) >= 11 is 0. The van der Waals surface area contributed by atoms with Crippen molar-refractivity contribution in [1.82, 2.24) is 20.3 Å². The van der Waals surface area contributed by atoms with Gasteiger partial charge in [-0.25, -0.2) is 13.2 Å². The molecule has 2 aliphatic heterocycles. The van der Waals surface area contributed by atoms with Crippen LogP contribution >= 0.6 is 0 Å². The molecule has 14 heteroatoms. The van der Waals surface area contributed by atoms with E-state index in [4.69, 9.17) is 9.57 Å². The number of amides is 4. The van der Waals surface area contributed by atoms with Crippen molar-refractivity contribution in [3.8, 4) is 0 Å². The van der Waals surface area contributed by atoms with Gasteiger partial charge in [0.05, 0.1) is 18.0 Å². The summed E-state index contributed by atoms with van der Waals surface area (Å²) in [4.78, 5) is 62.1. The van der Waals surface area contributed by atoms with E-state index >= 15 is 0 Å². The Morgan fingerprint density at radius 2 is 1.76 bits per heavy atom. The molecule has 3 saturated carbocycles. The molecule has 4 fully saturated rings. The van der Waals surface area contributed by atoms with Crippen molar-refractivity contribution in [3.63, 3.8) is 0 Å². The summed E-state index contributed by atoms with van der Waals surface area (Å²) < 4.78 is 33.2. The first kappa shape index (κ1) is 35.0. The van der Waals surface area contributed by atoms with Crippen molar-refractivity contribution in [2.45, 2.75) is 112 Å². The molecule has 0 spiro atoms. The normalized spacial score (nSPS) is 29.5. The third-order valence-corrected chi connectivity index (χ3v) is 12.5. The Morgan fingerprint density at radius 1 is 0.961 bits per heavy atom. The third-order valence-electron chi connectivity index (χ3n) is 10.6. The molecule has 5 aliphatic rings. The number of ether oxygens (including phenoxy) is 1. The van der Waals surface area contributed by atoms with Crippen LogP contribution in [0.5, 0.6) is 0 Å². The van der Waals surface area contributed by atoms with Gasteiger partial charge in [0.25, 0.3) is 5.91 Å². The van der Waals surface area contributed by atoms with Crippen LogP contribution in [0.2, 0.25) is 0 Å². The molecule has 3 N–H and O–H groups in total. The van der Waals surface area contributed by atoms with Gasteiger partial charge >= 0.3 is 6.09 Å². The maximum atomic E-state index is 14.3. The number of oxime groups is 1. The van der Waals surface area contributed by atoms with E-state index in [1.54, 1.807) is 6.21 Å². The minimum atomic E-state index is -3.86. The lowest BCUT2D eigenvalue weighted by Crippen LogP contribution is -2.58. The number of carbonyl (C=O) groups excluding carboxylic acids is 4. The Hall–Kier alpha value is -4.46. The Morgan fingerprint density at radius 3 is 2.53 bits per heavy atom. The van der Waals surface area contributed by atoms with E-state index in [2.05, 4.69) is 20.5 Å². The number of benzene rings is 2. The van der Waals surface area contributed by atoms with Crippen LogP contribution in [0.4, 0.5) is 4.79 Å². The predicted octanol–water partition coefficient (Wildman–Crippen LogP) is 3.81. The van der Waals surface area contributed by atoms with Gasteiger partial charge in [0, 0.05) is 12.3 Å². The zero-order chi connectivity index (χ0) is 35.6. The molecule has 0 aromatic heterocycles. The Kier molecular flexibility index (Phi) is 10.0. The van der Waals surface area contributed by atoms with E-state index in [0.29, 0.717) is 32.1 Å². The van der Waals surface area contributed by atoms with E-state index in [9.17, 15) is 27.6 Å². The van der Waals surface area contributed by atoms with E-state index in [1.807, 2.05) is 54.6 Å². The molecule has 7 rings (SSSR count). The van der Waals surface area contributed by atoms with E-state index in [-0.39, 0.29) is 25.5 Å². The van der Waals surface area contributed by atoms with Gasteiger partial charge in [-0.2, -0.15) is 0 Å². The SMILES string of the molecule is O=C(N[C@H]1CCCCC/C=C\[C@@H]2C[C@]2(C(=O)NS(=O)(=O)C2CC2)NC(=O)[C@@H]2C[C@@H](O/N=C/c3ccc4ccccc4c3)CN2C1=O)OC1CCC1. The molecular formula is C37H45N5O8S. The number of carbonyl (C=O) groups is 4. The van der Waals surface area contributed by atoms with Gasteiger partial charge in [-0.15, -0.1) is 0 Å². The van der Waals surface area contributed by atoms with Gasteiger partial charge in [0.1, 0.15) is 29.8 Å². The third kappa shape index (κ3) is 8.05. The van der Waals surface area contributed by atoms with Gasteiger partial charge in [-0.3, -0.25) is 19.1 Å². The molecule has 0 unspecified atom stereocenters. The van der Waals surface area contributed by atoms with Crippen molar-refractivity contribution in [2.75, 3.05) is 6.54 Å². The van der Waals surface area contributed by atoms with Crippen LogP contribution in [-0.2, 0) is 34.0 Å². The number of nitrogens with one attached hydrogen (secondary N) is 3. The van der Waals surface area contributed by atoms with Crippen LogP contribution in [0.15, 0.2) is 59.8 Å². The fourth-order valence-electron chi connectivity index (χ4n) is 7.12. The zero-order valence-electron chi connectivity index (χ0n) is 28.5. The van der Waals surface area contributed by atoms with Gasteiger partial charge in [0.15, 0.2) is 0 Å². The molecule has 272 valence electrons. The number of alkyl carbamates (subject to hydrolysis) is 1. The minimum absolute atomic E-state index is 0.0143. The summed E-state index contributed by atoms with van der Waals surface area (Å²) in [5, 5.41) is 11.4. The number of rotatable bonds is 8. The quantitative estimate of drug-likeness (QED) is 0.210. The maximum Gasteiger partial charge on any atom is 0.408 e. The Balaban J connectivity index is 1.12. The first-order valence-electron chi connectivity index (χ1n) is 18.1. The highest BCUT2D eigenvalue weighted by molar-refractivity contribution is 7.91. The van der Waals surface area contributed by atoms with Crippen molar-refractivity contribution in [1.29, 1.82) is 0 Å². The Labute approximate surface area is 297 Å². The smallest absolute Gasteiger partial charge is 0.408 e. The predicted molar refractivity (Wildman–Crippen MR) is 189 cm³/mol. The first-order valence-corrected chi connectivity index (χ1v) is 19.7. The van der Waals surface area contributed by atoms with Crippen molar-refractivity contribution in [3.05, 3.63) is 60.2 Å². The molecule has 13 nitrogen and oxygen atoms in total. The molecule has 2 aromatic rings. The van der Waals surface area contributed by atoms with E-state index < -0.39 is 68.7 Å². The highest BCUT2D eigenvalue weighted by Gasteiger charge is 2.62. The average Bonchev–Trinajstić information content (AvgIpc) is 4.02. The number of allylic oxidation sites excluding steroid dienone is 1. The number of hydrogen-bond acceptors (Lipinski definition) is 9. The van der Waals surface area contributed by atoms with Crippen LogP contribution in [0.3, 0.4) is 0 Å². The molecule has 5 atom stereocenters. The van der Waals surface area contributed by atoms with Crippen LogP contribution in [0.1, 0.15) is 82.6 Å². The van der Waals surface area contributed by atoms with Gasteiger partial charge in [-0.05, 0) is 80.2 Å². The lowest BCUT2D eigenvalue weighted by molar-refractivity contribution is -0.141. The van der Waals surface area contributed by atoms with E-state index in [0.717, 1.165) is 48.4 Å². The van der Waals surface area contributed by atoms with Crippen molar-refractivity contribution < 1.29 is 37.2 Å². The monoisotopic (exact) mass is 719 g/mol. The van der Waals surface area contributed by atoms with Gasteiger partial charge < -0.3 is 25.1 Å². The summed E-state index contributed by atoms with van der Waals surface area (Å²) in [7, 11) is -3.86. The minimum Gasteiger partial charge on any atom is -0.446 e. The van der Waals surface area contributed by atoms with Gasteiger partial charge in [-0.1, -0.05) is 66.5 Å². The molecule has 2 heterocycles. The molecule has 0 bridgehead atoms. The fourth-order valence-corrected chi connectivity index (χ4v) is 8.48. The fraction of sp³-hybridized carbons (Fsp3) is 0.541. The highest BCUT2D eigenvalue weighted by atomic mass is 32.2. The molecule has 51 heavy (non-hydrogen) atoms. The summed E-state index contributed by atoms with van der Waals surface area (Å²) in [6, 6.07) is 11.8. The van der Waals surface area contributed by atoms with Crippen LogP contribution in [0.25, 0.3) is 10.8 Å². The number of fused-ring (bicyclic) bond motifs is 3. The molecule has 0 radical (unpaired) electrons. The second kappa shape index (κ2) is 14.6. The summed E-state index contributed by atoms with van der Waals surface area (Å²) in [5.74, 6) is -2.24. The number of nitrogens with zero attached hydrogens (tertiary/aromatic N) is 2. The molecule has 2 aromatic carbocycles. The highest BCUT2D eigenvalue weighted by Crippen LogP contribution is 2.46. The number of hydrogen-bond donors (Lipinski definition) is 3. The van der Waals surface area contributed by atoms with Crippen LogP contribution < -0.4 is 15.4 Å². The lowest BCUT2D eigenvalue weighted by Gasteiger charge is -2.30. The number of sulfonamides is 1. The molecule has 3 aliphatic carbocycles. The lowest BCUT2D eigenvalue weighted by atomic mass is 9.96. The van der Waals surface area contributed by atoms with Crippen molar-refractivity contribution >= 4 is 50.8 Å². The maximum absolute atomic E-state index is 14.3. The Bertz CT molecular complexity index is 1840. The van der Waals surface area contributed by atoms with Gasteiger partial charge in [0.2, 0.25) is 21.8 Å². The first-order chi connectivity index (χ1) is 24.6. The van der Waals surface area contributed by atoms with Crippen LogP contribution in [-0.4, -0.2) is 85.0 Å². The molecule has 4 amide bonds. The van der Waals surface area contributed by atoms with E-state index in [1.165, 1.54) is 4.90 Å². The largest absolute Gasteiger partial charge is 0.446 e. The molecular weight excluding hydrogens is 675 g/mol. The average molecular weight is 720 g/mol. The summed E-state index contributed by atoms with van der Waals surface area (Å²) in [6.45, 7) is 0.0143. The van der Waals surface area contributed by atoms with Crippen LogP contribution in [0, 0.1) is 5.92 Å². The van der Waals surface area contributed by atoms with Crippen molar-refractivity contribution in [2.24, 2.45) is 11.1 Å². The topological polar surface area (TPSA) is 173 Å². The zero-order valence-corrected chi connectivity index (χ0v) is 29.3. The standard InChI is InChI=1S/C37H45N5O8S/c43-33-32-20-29(50-38-22-24-15-16-25-9-6-7-10-26(25)19-24)23-42(32)34(44)31(39-36(46)49-28-12-8-13-28)14-5-3-1-2-4-11-27-21-37(27,40-33)35(45)41-51(47,48)30-17-18-30/h4,6-7,9-11,15-16,19,22,27-32H,1-3,5,8,12-14,17-18,20-21,23H2,(H,39,46)(H,40,43)(H,41,45)/b11-4-,38-22+/t27-,29-,31+,32+,37+/m1/s1. The second-order valence-electron chi connectivity index (χ2n) is 14.5. The summed E-state index contributed by atoms with van der Waals surface area (Å²) in [6.07, 6.45) is 11.0. The second-order valence-corrected chi connectivity index (χ2v) is 16.4. The summed E-state index contributed by atoms with van der Waals surface area (Å²) in [5.41, 5.74) is -0.659.